The van der Waals surface area contributed by atoms with Crippen LogP contribution in [0.3, 0.4) is 0 Å². The molecule has 0 aromatic carbocycles. The second-order valence-corrected chi connectivity index (χ2v) is 11.7. The highest BCUT2D eigenvalue weighted by Gasteiger charge is 2.81. The Morgan fingerprint density at radius 2 is 1.79 bits per heavy atom. The van der Waals surface area contributed by atoms with Crippen LogP contribution < -0.4 is 0 Å². The van der Waals surface area contributed by atoms with Gasteiger partial charge >= 0.3 is 11.9 Å². The van der Waals surface area contributed by atoms with Gasteiger partial charge in [0.25, 0.3) is 0 Å². The normalized spacial score (nSPS) is 43.6. The van der Waals surface area contributed by atoms with Crippen LogP contribution in [-0.4, -0.2) is 89.1 Å². The molecule has 0 radical (unpaired) electrons. The second-order valence-electron chi connectivity index (χ2n) is 11.7. The summed E-state index contributed by atoms with van der Waals surface area (Å²) in [6.07, 6.45) is -2.88. The number of esters is 2. The molecule has 2 saturated carbocycles. The quantitative estimate of drug-likeness (QED) is 0.560. The molecule has 9 heteroatoms. The largest absolute Gasteiger partial charge is 0.458 e. The van der Waals surface area contributed by atoms with Gasteiger partial charge in [-0.3, -0.25) is 14.4 Å². The predicted octanol–water partition coefficient (Wildman–Crippen LogP) is 1.47. The van der Waals surface area contributed by atoms with Gasteiger partial charge in [0.1, 0.15) is 11.7 Å². The highest BCUT2D eigenvalue weighted by atomic mass is 16.6. The number of fused-ring (bicyclic) bond motifs is 3. The average Bonchev–Trinajstić information content (AvgIpc) is 2.69. The van der Waals surface area contributed by atoms with Crippen molar-refractivity contribution in [2.45, 2.75) is 103 Å². The van der Waals surface area contributed by atoms with Gasteiger partial charge < -0.3 is 29.3 Å². The zero-order valence-corrected chi connectivity index (χ0v) is 21.7. The Morgan fingerprint density at radius 1 is 1.18 bits per heavy atom. The van der Waals surface area contributed by atoms with Gasteiger partial charge in [-0.2, -0.15) is 0 Å². The van der Waals surface area contributed by atoms with E-state index in [0.29, 0.717) is 19.4 Å². The fraction of sp³-hybridized carbons (Fsp3) is 0.880. The highest BCUT2D eigenvalue weighted by Crippen LogP contribution is 2.66. The van der Waals surface area contributed by atoms with Crippen molar-refractivity contribution in [2.24, 2.45) is 16.7 Å². The van der Waals surface area contributed by atoms with E-state index in [1.54, 1.807) is 13.8 Å². The van der Waals surface area contributed by atoms with Gasteiger partial charge in [-0.1, -0.05) is 20.8 Å². The second kappa shape index (κ2) is 8.84. The van der Waals surface area contributed by atoms with E-state index < -0.39 is 70.1 Å². The summed E-state index contributed by atoms with van der Waals surface area (Å²) in [4.78, 5) is 40.7. The summed E-state index contributed by atoms with van der Waals surface area (Å²) in [6.45, 7) is 10.6. The molecule has 3 fully saturated rings. The Kier molecular flexibility index (Phi) is 7.03. The topological polar surface area (TPSA) is 123 Å². The number of aliphatic hydroxyl groups excluding tert-OH is 1. The molecule has 1 saturated heterocycles. The van der Waals surface area contributed by atoms with Crippen molar-refractivity contribution < 1.29 is 38.8 Å². The predicted molar refractivity (Wildman–Crippen MR) is 123 cm³/mol. The molecule has 3 aliphatic rings. The lowest BCUT2D eigenvalue weighted by molar-refractivity contribution is -0.363. The molecule has 0 spiro atoms. The monoisotopic (exact) mass is 483 g/mol. The summed E-state index contributed by atoms with van der Waals surface area (Å²) < 4.78 is 18.0. The molecule has 8 atom stereocenters. The maximum Gasteiger partial charge on any atom is 0.307 e. The SMILES string of the molecule is CC(=O)O[C@H]1[C@@H](OC(=O)CCN(C)C)[C@H]2C(C)(C)CC[C@H](O)[C@]2(C)[C@@]2(O)C(=O)C[C@@H](C)O[C@]12C. The molecule has 3 rings (SSSR count). The number of rotatable bonds is 5. The third-order valence-corrected chi connectivity index (χ3v) is 8.56. The van der Waals surface area contributed by atoms with Crippen LogP contribution in [0.25, 0.3) is 0 Å². The zero-order chi connectivity index (χ0) is 25.9. The van der Waals surface area contributed by atoms with Crippen LogP contribution in [0.15, 0.2) is 0 Å². The lowest BCUT2D eigenvalue weighted by Crippen LogP contribution is -2.86. The highest BCUT2D eigenvalue weighted by molar-refractivity contribution is 5.91. The molecule has 2 N–H and O–H groups in total. The van der Waals surface area contributed by atoms with Gasteiger partial charge in [0.2, 0.25) is 0 Å². The molecule has 0 aromatic rings. The first-order valence-electron chi connectivity index (χ1n) is 12.2. The van der Waals surface area contributed by atoms with Crippen molar-refractivity contribution in [3.8, 4) is 0 Å². The number of carbonyl (C=O) groups is 3. The lowest BCUT2D eigenvalue weighted by atomic mass is 9.40. The maximum absolute atomic E-state index is 13.6. The number of hydrogen-bond donors (Lipinski definition) is 2. The molecule has 0 unspecified atom stereocenters. The number of ketones is 1. The minimum atomic E-state index is -2.17. The number of Topliss-reactive ketones (excluding diaryl/α,β-unsaturated/α-hetero) is 1. The van der Waals surface area contributed by atoms with Crippen molar-refractivity contribution in [1.82, 2.24) is 4.90 Å². The molecule has 1 heterocycles. The van der Waals surface area contributed by atoms with E-state index >= 15 is 0 Å². The first-order chi connectivity index (χ1) is 15.5. The summed E-state index contributed by atoms with van der Waals surface area (Å²) in [5.41, 5.74) is -5.87. The minimum absolute atomic E-state index is 0.0401. The molecular formula is C25H41NO8. The van der Waals surface area contributed by atoms with Gasteiger partial charge in [0.05, 0.1) is 18.6 Å². The standard InChI is InChI=1S/C25H41NO8/c1-14-13-17(29)25(31)23(5)16(28)9-11-22(3,4)20(23)19(33-18(30)10-12-26(7)8)21(32-15(2)27)24(25,6)34-14/h14,16,19-21,28,31H,9-13H2,1-8H3/t14-,16+,19+,20+,21+,23+,24-,25+/m1/s1. The van der Waals surface area contributed by atoms with Crippen LogP contribution in [0.1, 0.15) is 67.2 Å². The van der Waals surface area contributed by atoms with Crippen molar-refractivity contribution >= 4 is 17.7 Å². The van der Waals surface area contributed by atoms with Gasteiger partial charge in [-0.15, -0.1) is 0 Å². The van der Waals surface area contributed by atoms with Crippen molar-refractivity contribution in [1.29, 1.82) is 0 Å². The molecule has 34 heavy (non-hydrogen) atoms. The van der Waals surface area contributed by atoms with Gasteiger partial charge in [0, 0.05) is 31.2 Å². The molecule has 9 nitrogen and oxygen atoms in total. The maximum atomic E-state index is 13.6. The molecule has 0 amide bonds. The van der Waals surface area contributed by atoms with E-state index in [4.69, 9.17) is 14.2 Å². The van der Waals surface area contributed by atoms with Crippen LogP contribution in [0.5, 0.6) is 0 Å². The Morgan fingerprint density at radius 3 is 2.35 bits per heavy atom. The van der Waals surface area contributed by atoms with Crippen molar-refractivity contribution in [3.63, 3.8) is 0 Å². The average molecular weight is 484 g/mol. The molecule has 0 bridgehead atoms. The van der Waals surface area contributed by atoms with Crippen LogP contribution in [0.2, 0.25) is 0 Å². The summed E-state index contributed by atoms with van der Waals surface area (Å²) in [5.74, 6) is -2.28. The van der Waals surface area contributed by atoms with Crippen LogP contribution in [0.4, 0.5) is 0 Å². The Labute approximate surface area is 202 Å². The van der Waals surface area contributed by atoms with Gasteiger partial charge in [-0.05, 0) is 46.2 Å². The Bertz CT molecular complexity index is 843. The first-order valence-corrected chi connectivity index (χ1v) is 12.2. The van der Waals surface area contributed by atoms with Crippen molar-refractivity contribution in [3.05, 3.63) is 0 Å². The summed E-state index contributed by atoms with van der Waals surface area (Å²) in [6, 6.07) is 0. The molecule has 1 aliphatic heterocycles. The number of hydrogen-bond acceptors (Lipinski definition) is 9. The minimum Gasteiger partial charge on any atom is -0.458 e. The van der Waals surface area contributed by atoms with Crippen LogP contribution in [-0.2, 0) is 28.6 Å². The molecular weight excluding hydrogens is 442 g/mol. The van der Waals surface area contributed by atoms with Gasteiger partial charge in [-0.25, -0.2) is 0 Å². The number of aliphatic hydroxyl groups is 2. The zero-order valence-electron chi connectivity index (χ0n) is 21.7. The number of nitrogens with zero attached hydrogens (tertiary/aromatic N) is 1. The Hall–Kier alpha value is -1.55. The van der Waals surface area contributed by atoms with E-state index in [9.17, 15) is 24.6 Å². The summed E-state index contributed by atoms with van der Waals surface area (Å²) >= 11 is 0. The smallest absolute Gasteiger partial charge is 0.307 e. The fourth-order valence-electron chi connectivity index (χ4n) is 7.08. The third kappa shape index (κ3) is 3.88. The molecule has 194 valence electrons. The third-order valence-electron chi connectivity index (χ3n) is 8.56. The van der Waals surface area contributed by atoms with E-state index in [1.165, 1.54) is 13.8 Å². The van der Waals surface area contributed by atoms with Crippen LogP contribution in [0, 0.1) is 16.7 Å². The van der Waals surface area contributed by atoms with Crippen LogP contribution >= 0.6 is 0 Å². The summed E-state index contributed by atoms with van der Waals surface area (Å²) in [5, 5.41) is 23.7. The number of ether oxygens (including phenoxy) is 3. The van der Waals surface area contributed by atoms with Crippen molar-refractivity contribution in [2.75, 3.05) is 20.6 Å². The van der Waals surface area contributed by atoms with E-state index in [-0.39, 0.29) is 12.8 Å². The van der Waals surface area contributed by atoms with Gasteiger partial charge in [0.15, 0.2) is 17.5 Å². The number of carbonyl (C=O) groups excluding carboxylic acids is 3. The molecule has 2 aliphatic carbocycles. The van der Waals surface area contributed by atoms with E-state index in [2.05, 4.69) is 0 Å². The lowest BCUT2D eigenvalue weighted by Gasteiger charge is -2.70. The Balaban J connectivity index is 2.24. The molecule has 0 aromatic heterocycles. The van der Waals surface area contributed by atoms with E-state index in [0.717, 1.165) is 0 Å². The first kappa shape index (κ1) is 27.0. The summed E-state index contributed by atoms with van der Waals surface area (Å²) in [7, 11) is 3.69. The van der Waals surface area contributed by atoms with E-state index in [1.807, 2.05) is 32.8 Å². The fourth-order valence-corrected chi connectivity index (χ4v) is 7.08.